The van der Waals surface area contributed by atoms with Crippen LogP contribution in [-0.4, -0.2) is 29.8 Å². The van der Waals surface area contributed by atoms with Crippen molar-refractivity contribution in [3.05, 3.63) is 34.4 Å². The standard InChI is InChI=1S/C15H22ClNO/c1-5-7-17(8-6-16)15(18)14-12(3)9-11(2)10-13(14)4/h9-10H,5-8H2,1-4H3. The molecular weight excluding hydrogens is 246 g/mol. The Bertz CT molecular complexity index is 399. The Kier molecular flexibility index (Phi) is 5.67. The first-order valence-electron chi connectivity index (χ1n) is 6.44. The molecule has 18 heavy (non-hydrogen) atoms. The summed E-state index contributed by atoms with van der Waals surface area (Å²) in [6.45, 7) is 9.50. The number of rotatable bonds is 5. The number of benzene rings is 1. The van der Waals surface area contributed by atoms with E-state index < -0.39 is 0 Å². The van der Waals surface area contributed by atoms with Gasteiger partial charge in [0.05, 0.1) is 0 Å². The molecule has 0 aromatic heterocycles. The topological polar surface area (TPSA) is 20.3 Å². The van der Waals surface area contributed by atoms with Gasteiger partial charge in [-0.3, -0.25) is 4.79 Å². The highest BCUT2D eigenvalue weighted by Crippen LogP contribution is 2.18. The lowest BCUT2D eigenvalue weighted by atomic mass is 9.98. The van der Waals surface area contributed by atoms with Crippen LogP contribution >= 0.6 is 11.6 Å². The fourth-order valence-corrected chi connectivity index (χ4v) is 2.57. The number of hydrogen-bond acceptors (Lipinski definition) is 1. The molecule has 100 valence electrons. The van der Waals surface area contributed by atoms with Crippen molar-refractivity contribution < 1.29 is 4.79 Å². The van der Waals surface area contributed by atoms with Crippen LogP contribution in [0.2, 0.25) is 0 Å². The minimum Gasteiger partial charge on any atom is -0.337 e. The van der Waals surface area contributed by atoms with Crippen LogP contribution in [0.3, 0.4) is 0 Å². The molecule has 0 atom stereocenters. The van der Waals surface area contributed by atoms with Gasteiger partial charge >= 0.3 is 0 Å². The lowest BCUT2D eigenvalue weighted by Gasteiger charge is -2.23. The zero-order chi connectivity index (χ0) is 13.7. The van der Waals surface area contributed by atoms with E-state index in [9.17, 15) is 4.79 Å². The SMILES string of the molecule is CCCN(CCCl)C(=O)c1c(C)cc(C)cc1C. The molecule has 0 bridgehead atoms. The highest BCUT2D eigenvalue weighted by atomic mass is 35.5. The molecule has 0 radical (unpaired) electrons. The minimum absolute atomic E-state index is 0.104. The number of halogens is 1. The van der Waals surface area contributed by atoms with E-state index in [-0.39, 0.29) is 5.91 Å². The van der Waals surface area contributed by atoms with Crippen molar-refractivity contribution in [1.29, 1.82) is 0 Å². The number of hydrogen-bond donors (Lipinski definition) is 0. The number of aryl methyl sites for hydroxylation is 3. The Balaban J connectivity index is 3.08. The van der Waals surface area contributed by atoms with E-state index in [2.05, 4.69) is 26.0 Å². The molecule has 1 amide bonds. The van der Waals surface area contributed by atoms with Gasteiger partial charge in [-0.1, -0.05) is 24.6 Å². The van der Waals surface area contributed by atoms with E-state index in [0.29, 0.717) is 12.4 Å². The summed E-state index contributed by atoms with van der Waals surface area (Å²) in [5.74, 6) is 0.586. The zero-order valence-electron chi connectivity index (χ0n) is 11.7. The van der Waals surface area contributed by atoms with Crippen LogP contribution in [-0.2, 0) is 0 Å². The predicted octanol–water partition coefficient (Wildman–Crippen LogP) is 3.70. The van der Waals surface area contributed by atoms with Crippen molar-refractivity contribution in [3.8, 4) is 0 Å². The maximum absolute atomic E-state index is 12.5. The number of amides is 1. The van der Waals surface area contributed by atoms with Crippen LogP contribution in [0.25, 0.3) is 0 Å². The third kappa shape index (κ3) is 3.49. The highest BCUT2D eigenvalue weighted by molar-refractivity contribution is 6.18. The molecule has 0 aliphatic carbocycles. The van der Waals surface area contributed by atoms with Gasteiger partial charge < -0.3 is 4.90 Å². The van der Waals surface area contributed by atoms with E-state index >= 15 is 0 Å². The molecule has 2 nitrogen and oxygen atoms in total. The normalized spacial score (nSPS) is 10.5. The van der Waals surface area contributed by atoms with Crippen molar-refractivity contribution in [1.82, 2.24) is 4.90 Å². The minimum atomic E-state index is 0.104. The van der Waals surface area contributed by atoms with Gasteiger partial charge in [0.15, 0.2) is 0 Å². The van der Waals surface area contributed by atoms with Gasteiger partial charge in [0.25, 0.3) is 5.91 Å². The zero-order valence-corrected chi connectivity index (χ0v) is 12.5. The van der Waals surface area contributed by atoms with E-state index in [1.165, 1.54) is 5.56 Å². The first kappa shape index (κ1) is 15.0. The number of carbonyl (C=O) groups excluding carboxylic acids is 1. The molecule has 0 heterocycles. The van der Waals surface area contributed by atoms with E-state index in [4.69, 9.17) is 11.6 Å². The summed E-state index contributed by atoms with van der Waals surface area (Å²) in [4.78, 5) is 14.4. The van der Waals surface area contributed by atoms with Crippen LogP contribution < -0.4 is 0 Å². The molecular formula is C15H22ClNO. The van der Waals surface area contributed by atoms with Gasteiger partial charge in [0, 0.05) is 24.5 Å². The smallest absolute Gasteiger partial charge is 0.254 e. The number of nitrogens with zero attached hydrogens (tertiary/aromatic N) is 1. The van der Waals surface area contributed by atoms with Gasteiger partial charge in [-0.05, 0) is 38.3 Å². The molecule has 1 aromatic carbocycles. The average Bonchev–Trinajstić information content (AvgIpc) is 2.27. The highest BCUT2D eigenvalue weighted by Gasteiger charge is 2.18. The van der Waals surface area contributed by atoms with Crippen LogP contribution in [0.15, 0.2) is 12.1 Å². The number of carbonyl (C=O) groups is 1. The molecule has 0 spiro atoms. The molecule has 0 fully saturated rings. The van der Waals surface area contributed by atoms with Gasteiger partial charge in [0.1, 0.15) is 0 Å². The second kappa shape index (κ2) is 6.79. The quantitative estimate of drug-likeness (QED) is 0.745. The van der Waals surface area contributed by atoms with Gasteiger partial charge in [-0.2, -0.15) is 0 Å². The maximum atomic E-state index is 12.5. The van der Waals surface area contributed by atoms with Gasteiger partial charge in [-0.25, -0.2) is 0 Å². The summed E-state index contributed by atoms with van der Waals surface area (Å²) >= 11 is 5.77. The molecule has 1 rings (SSSR count). The lowest BCUT2D eigenvalue weighted by Crippen LogP contribution is -2.34. The van der Waals surface area contributed by atoms with Crippen LogP contribution in [0.1, 0.15) is 40.4 Å². The van der Waals surface area contributed by atoms with Gasteiger partial charge in [0.2, 0.25) is 0 Å². The van der Waals surface area contributed by atoms with Crippen molar-refractivity contribution in [2.75, 3.05) is 19.0 Å². The molecule has 0 saturated heterocycles. The first-order valence-corrected chi connectivity index (χ1v) is 6.97. The first-order chi connectivity index (χ1) is 8.51. The van der Waals surface area contributed by atoms with E-state index in [0.717, 1.165) is 29.7 Å². The van der Waals surface area contributed by atoms with E-state index in [1.807, 2.05) is 18.7 Å². The summed E-state index contributed by atoms with van der Waals surface area (Å²) in [6.07, 6.45) is 0.951. The molecule has 3 heteroatoms. The van der Waals surface area contributed by atoms with Gasteiger partial charge in [-0.15, -0.1) is 11.6 Å². The van der Waals surface area contributed by atoms with E-state index in [1.54, 1.807) is 0 Å². The fraction of sp³-hybridized carbons (Fsp3) is 0.533. The molecule has 0 aliphatic heterocycles. The third-order valence-corrected chi connectivity index (χ3v) is 3.20. The Morgan fingerprint density at radius 2 is 1.72 bits per heavy atom. The molecule has 0 aliphatic rings. The fourth-order valence-electron chi connectivity index (χ4n) is 2.36. The summed E-state index contributed by atoms with van der Waals surface area (Å²) in [7, 11) is 0. The number of alkyl halides is 1. The Labute approximate surface area is 115 Å². The van der Waals surface area contributed by atoms with Crippen molar-refractivity contribution in [2.24, 2.45) is 0 Å². The largest absolute Gasteiger partial charge is 0.337 e. The predicted molar refractivity (Wildman–Crippen MR) is 77.6 cm³/mol. The van der Waals surface area contributed by atoms with Crippen molar-refractivity contribution in [3.63, 3.8) is 0 Å². The Hall–Kier alpha value is -1.02. The second-order valence-electron chi connectivity index (χ2n) is 4.75. The van der Waals surface area contributed by atoms with Crippen molar-refractivity contribution in [2.45, 2.75) is 34.1 Å². The molecule has 0 saturated carbocycles. The second-order valence-corrected chi connectivity index (χ2v) is 5.13. The third-order valence-electron chi connectivity index (χ3n) is 3.03. The summed E-state index contributed by atoms with van der Waals surface area (Å²) in [6, 6.07) is 4.12. The molecule has 0 N–H and O–H groups in total. The Morgan fingerprint density at radius 1 is 1.17 bits per heavy atom. The summed E-state index contributed by atoms with van der Waals surface area (Å²) < 4.78 is 0. The summed E-state index contributed by atoms with van der Waals surface area (Å²) in [5.41, 5.74) is 4.13. The molecule has 1 aromatic rings. The van der Waals surface area contributed by atoms with Crippen LogP contribution in [0.4, 0.5) is 0 Å². The monoisotopic (exact) mass is 267 g/mol. The molecule has 0 unspecified atom stereocenters. The van der Waals surface area contributed by atoms with Crippen molar-refractivity contribution >= 4 is 17.5 Å². The maximum Gasteiger partial charge on any atom is 0.254 e. The summed E-state index contributed by atoms with van der Waals surface area (Å²) in [5, 5.41) is 0. The lowest BCUT2D eigenvalue weighted by molar-refractivity contribution is 0.0764. The van der Waals surface area contributed by atoms with Crippen LogP contribution in [0.5, 0.6) is 0 Å². The Morgan fingerprint density at radius 3 is 2.17 bits per heavy atom. The van der Waals surface area contributed by atoms with Crippen LogP contribution in [0, 0.1) is 20.8 Å². The average molecular weight is 268 g/mol.